The number of rotatable bonds is 2. The highest BCUT2D eigenvalue weighted by molar-refractivity contribution is 5.95. The van der Waals surface area contributed by atoms with Crippen LogP contribution in [0, 0.1) is 27.3 Å². The lowest BCUT2D eigenvalue weighted by Crippen LogP contribution is -2.42. The zero-order chi connectivity index (χ0) is 14.7. The summed E-state index contributed by atoms with van der Waals surface area (Å²) < 4.78 is 13.2. The average molecular weight is 277 g/mol. The topological polar surface area (TPSA) is 87.2 Å². The van der Waals surface area contributed by atoms with Crippen LogP contribution in [-0.2, 0) is 0 Å². The van der Waals surface area contributed by atoms with Crippen molar-refractivity contribution in [3.8, 4) is 6.07 Å². The fourth-order valence-electron chi connectivity index (χ4n) is 2.26. The van der Waals surface area contributed by atoms with Crippen molar-refractivity contribution in [3.63, 3.8) is 0 Å². The minimum absolute atomic E-state index is 0.0280. The molecule has 6 nitrogen and oxygen atoms in total. The molecular weight excluding hydrogens is 265 g/mol. The molecule has 0 aliphatic carbocycles. The lowest BCUT2D eigenvalue weighted by Gasteiger charge is -2.31. The normalized spacial score (nSPS) is 18.4. The monoisotopic (exact) mass is 277 g/mol. The molecule has 1 aliphatic heterocycles. The van der Waals surface area contributed by atoms with Crippen molar-refractivity contribution in [1.29, 1.82) is 5.26 Å². The number of nitrogens with zero attached hydrogens (tertiary/aromatic N) is 3. The SMILES string of the molecule is N#CC1CCCCN1C(=O)c1ccc(F)c([N+](=O)[O-])c1. The quantitative estimate of drug-likeness (QED) is 0.612. The molecule has 1 unspecified atom stereocenters. The highest BCUT2D eigenvalue weighted by Crippen LogP contribution is 2.23. The van der Waals surface area contributed by atoms with Crippen LogP contribution in [0.4, 0.5) is 10.1 Å². The molecule has 0 N–H and O–H groups in total. The van der Waals surface area contributed by atoms with Crippen LogP contribution in [-0.4, -0.2) is 28.3 Å². The smallest absolute Gasteiger partial charge is 0.305 e. The Morgan fingerprint density at radius 2 is 2.25 bits per heavy atom. The molecule has 1 fully saturated rings. The van der Waals surface area contributed by atoms with Gasteiger partial charge < -0.3 is 4.90 Å². The Hall–Kier alpha value is -2.49. The first-order valence-corrected chi connectivity index (χ1v) is 6.19. The molecule has 20 heavy (non-hydrogen) atoms. The lowest BCUT2D eigenvalue weighted by molar-refractivity contribution is -0.387. The fraction of sp³-hybridized carbons (Fsp3) is 0.385. The van der Waals surface area contributed by atoms with Gasteiger partial charge in [-0.05, 0) is 31.4 Å². The fourth-order valence-corrected chi connectivity index (χ4v) is 2.26. The van der Waals surface area contributed by atoms with E-state index in [1.165, 1.54) is 11.0 Å². The second kappa shape index (κ2) is 5.65. The number of piperidine rings is 1. The summed E-state index contributed by atoms with van der Waals surface area (Å²) in [6, 6.07) is 4.54. The third-order valence-corrected chi connectivity index (χ3v) is 3.30. The third-order valence-electron chi connectivity index (χ3n) is 3.30. The highest BCUT2D eigenvalue weighted by atomic mass is 19.1. The van der Waals surface area contributed by atoms with E-state index >= 15 is 0 Å². The minimum atomic E-state index is -0.984. The van der Waals surface area contributed by atoms with Gasteiger partial charge in [0.15, 0.2) is 0 Å². The lowest BCUT2D eigenvalue weighted by atomic mass is 10.0. The molecule has 0 radical (unpaired) electrons. The van der Waals surface area contributed by atoms with Crippen LogP contribution in [0.3, 0.4) is 0 Å². The van der Waals surface area contributed by atoms with Gasteiger partial charge in [-0.1, -0.05) is 0 Å². The van der Waals surface area contributed by atoms with E-state index in [4.69, 9.17) is 5.26 Å². The van der Waals surface area contributed by atoms with Crippen LogP contribution in [0.15, 0.2) is 18.2 Å². The minimum Gasteiger partial charge on any atom is -0.323 e. The first-order chi connectivity index (χ1) is 9.54. The van der Waals surface area contributed by atoms with Gasteiger partial charge >= 0.3 is 5.69 Å². The molecule has 0 aromatic heterocycles. The Kier molecular flexibility index (Phi) is 3.94. The maximum atomic E-state index is 13.2. The number of nitriles is 1. The van der Waals surface area contributed by atoms with Crippen molar-refractivity contribution < 1.29 is 14.1 Å². The molecule has 1 aliphatic rings. The molecule has 104 valence electrons. The Morgan fingerprint density at radius 3 is 2.90 bits per heavy atom. The van der Waals surface area contributed by atoms with Crippen molar-refractivity contribution in [2.24, 2.45) is 0 Å². The molecule has 2 rings (SSSR count). The number of halogens is 1. The Balaban J connectivity index is 2.31. The molecule has 0 spiro atoms. The van der Waals surface area contributed by atoms with Gasteiger partial charge in [-0.25, -0.2) is 0 Å². The second-order valence-electron chi connectivity index (χ2n) is 4.56. The number of amides is 1. The van der Waals surface area contributed by atoms with Crippen molar-refractivity contribution in [2.75, 3.05) is 6.54 Å². The summed E-state index contributed by atoms with van der Waals surface area (Å²) in [7, 11) is 0. The van der Waals surface area contributed by atoms with E-state index in [1.54, 1.807) is 0 Å². The van der Waals surface area contributed by atoms with Crippen molar-refractivity contribution >= 4 is 11.6 Å². The number of hydrogen-bond donors (Lipinski definition) is 0. The molecule has 0 saturated carbocycles. The van der Waals surface area contributed by atoms with Crippen molar-refractivity contribution in [3.05, 3.63) is 39.7 Å². The van der Waals surface area contributed by atoms with Crippen molar-refractivity contribution in [2.45, 2.75) is 25.3 Å². The van der Waals surface area contributed by atoms with Gasteiger partial charge in [0.05, 0.1) is 11.0 Å². The molecule has 1 aromatic rings. The third kappa shape index (κ3) is 2.59. The Labute approximate surface area is 114 Å². The van der Waals surface area contributed by atoms with Crippen LogP contribution in [0.25, 0.3) is 0 Å². The van der Waals surface area contributed by atoms with E-state index in [0.29, 0.717) is 13.0 Å². The van der Waals surface area contributed by atoms with Gasteiger partial charge in [0.25, 0.3) is 5.91 Å². The van der Waals surface area contributed by atoms with Crippen LogP contribution < -0.4 is 0 Å². The van der Waals surface area contributed by atoms with Crippen LogP contribution >= 0.6 is 0 Å². The van der Waals surface area contributed by atoms with E-state index in [0.717, 1.165) is 25.0 Å². The summed E-state index contributed by atoms with van der Waals surface area (Å²) in [6.07, 6.45) is 2.24. The Bertz CT molecular complexity index is 597. The van der Waals surface area contributed by atoms with Crippen molar-refractivity contribution in [1.82, 2.24) is 4.90 Å². The van der Waals surface area contributed by atoms with Gasteiger partial charge in [-0.2, -0.15) is 9.65 Å². The van der Waals surface area contributed by atoms with Gasteiger partial charge in [-0.15, -0.1) is 0 Å². The van der Waals surface area contributed by atoms with Gasteiger partial charge in [0.2, 0.25) is 5.82 Å². The van der Waals surface area contributed by atoms with E-state index < -0.39 is 28.4 Å². The van der Waals surface area contributed by atoms with Gasteiger partial charge in [-0.3, -0.25) is 14.9 Å². The molecule has 1 amide bonds. The number of hydrogen-bond acceptors (Lipinski definition) is 4. The second-order valence-corrected chi connectivity index (χ2v) is 4.56. The zero-order valence-corrected chi connectivity index (χ0v) is 10.6. The van der Waals surface area contributed by atoms with E-state index in [1.807, 2.05) is 0 Å². The van der Waals surface area contributed by atoms with Gasteiger partial charge in [0, 0.05) is 18.2 Å². The van der Waals surface area contributed by atoms with E-state index in [9.17, 15) is 19.3 Å². The summed E-state index contributed by atoms with van der Waals surface area (Å²) in [5, 5.41) is 19.7. The van der Waals surface area contributed by atoms with E-state index in [2.05, 4.69) is 6.07 Å². The first-order valence-electron chi connectivity index (χ1n) is 6.19. The zero-order valence-electron chi connectivity index (χ0n) is 10.6. The number of likely N-dealkylation sites (tertiary alicyclic amines) is 1. The van der Waals surface area contributed by atoms with Crippen LogP contribution in [0.1, 0.15) is 29.6 Å². The summed E-state index contributed by atoms with van der Waals surface area (Å²) in [4.78, 5) is 23.5. The molecule has 1 atom stereocenters. The summed E-state index contributed by atoms with van der Waals surface area (Å²) in [5.41, 5.74) is -0.707. The average Bonchev–Trinajstić information content (AvgIpc) is 2.46. The standard InChI is InChI=1S/C13H12FN3O3/c14-11-5-4-9(7-12(11)17(19)20)13(18)16-6-2-1-3-10(16)8-15/h4-5,7,10H,1-3,6H2. The molecule has 7 heteroatoms. The predicted molar refractivity (Wildman–Crippen MR) is 67.3 cm³/mol. The summed E-state index contributed by atoms with van der Waals surface area (Å²) in [5.74, 6) is -1.46. The number of nitro benzene ring substituents is 1. The van der Waals surface area contributed by atoms with Crippen LogP contribution in [0.5, 0.6) is 0 Å². The number of carbonyl (C=O) groups is 1. The largest absolute Gasteiger partial charge is 0.323 e. The number of carbonyl (C=O) groups excluding carboxylic acids is 1. The summed E-state index contributed by atoms with van der Waals surface area (Å²) in [6.45, 7) is 0.433. The predicted octanol–water partition coefficient (Wildman–Crippen LogP) is 2.25. The highest BCUT2D eigenvalue weighted by Gasteiger charge is 2.28. The van der Waals surface area contributed by atoms with E-state index in [-0.39, 0.29) is 5.56 Å². The molecule has 0 bridgehead atoms. The number of benzene rings is 1. The van der Waals surface area contributed by atoms with Gasteiger partial charge in [0.1, 0.15) is 6.04 Å². The molecule has 1 aromatic carbocycles. The number of nitro groups is 1. The van der Waals surface area contributed by atoms with Crippen LogP contribution in [0.2, 0.25) is 0 Å². The maximum Gasteiger partial charge on any atom is 0.305 e. The molecule has 1 saturated heterocycles. The summed E-state index contributed by atoms with van der Waals surface area (Å²) >= 11 is 0. The Morgan fingerprint density at radius 1 is 1.50 bits per heavy atom. The molecular formula is C13H12FN3O3. The maximum absolute atomic E-state index is 13.2. The molecule has 1 heterocycles. The first kappa shape index (κ1) is 13.9.